The summed E-state index contributed by atoms with van der Waals surface area (Å²) in [6.45, 7) is 14.7. The number of rotatable bonds is 4. The molecule has 4 fully saturated rings. The molecule has 6 aromatic carbocycles. The molecule has 0 unspecified atom stereocenters. The van der Waals surface area contributed by atoms with Crippen molar-refractivity contribution in [3.8, 4) is 22.3 Å². The van der Waals surface area contributed by atoms with Crippen LogP contribution >= 0.6 is 11.8 Å². The SMILES string of the molecule is CC1(C)CCC(C)(C)c2cc(N(c3ccc4c(c3)C(C)(C)c3ccccc3-4)c3cc(-c4ccccc4)c4c(c3)C3(c5ccccc5S4)C4CC5CC(C4)CC3C5)ccc21. The van der Waals surface area contributed by atoms with Crippen molar-refractivity contribution in [2.75, 3.05) is 4.90 Å². The third-order valence-corrected chi connectivity index (χ3v) is 18.0. The van der Waals surface area contributed by atoms with Gasteiger partial charge in [0, 0.05) is 37.7 Å². The normalized spacial score (nSPS) is 26.7. The Labute approximate surface area is 356 Å². The van der Waals surface area contributed by atoms with Crippen LogP contribution in [0.2, 0.25) is 0 Å². The number of hydrogen-bond donors (Lipinski definition) is 0. The van der Waals surface area contributed by atoms with Gasteiger partial charge >= 0.3 is 0 Å². The van der Waals surface area contributed by atoms with Gasteiger partial charge in [0.1, 0.15) is 0 Å². The van der Waals surface area contributed by atoms with Crippen LogP contribution in [0.1, 0.15) is 120 Å². The molecule has 1 heterocycles. The summed E-state index contributed by atoms with van der Waals surface area (Å²) in [7, 11) is 0. The molecule has 6 aromatic rings. The van der Waals surface area contributed by atoms with Gasteiger partial charge in [-0.3, -0.25) is 0 Å². The van der Waals surface area contributed by atoms with Crippen molar-refractivity contribution in [2.45, 2.75) is 118 Å². The quantitative estimate of drug-likeness (QED) is 0.175. The number of benzene rings is 6. The lowest BCUT2D eigenvalue weighted by Crippen LogP contribution is -2.57. The highest BCUT2D eigenvalue weighted by molar-refractivity contribution is 7.99. The summed E-state index contributed by atoms with van der Waals surface area (Å²) in [4.78, 5) is 5.64. The first kappa shape index (κ1) is 36.3. The Morgan fingerprint density at radius 2 is 1.03 bits per heavy atom. The van der Waals surface area contributed by atoms with E-state index in [-0.39, 0.29) is 21.7 Å². The number of hydrogen-bond acceptors (Lipinski definition) is 2. The van der Waals surface area contributed by atoms with E-state index in [9.17, 15) is 0 Å². The van der Waals surface area contributed by atoms with Crippen LogP contribution in [0.15, 0.2) is 137 Å². The molecule has 2 heteroatoms. The van der Waals surface area contributed by atoms with Gasteiger partial charge in [-0.15, -0.1) is 0 Å². The highest BCUT2D eigenvalue weighted by Gasteiger charge is 2.61. The number of anilines is 3. The second kappa shape index (κ2) is 12.5. The molecule has 0 amide bonds. The molecule has 1 aliphatic heterocycles. The minimum atomic E-state index is -0.0919. The first-order valence-corrected chi connectivity index (χ1v) is 23.5. The molecule has 6 aliphatic carbocycles. The third-order valence-electron chi connectivity index (χ3n) is 16.8. The molecule has 0 N–H and O–H groups in total. The van der Waals surface area contributed by atoms with Crippen LogP contribution in [-0.4, -0.2) is 0 Å². The van der Waals surface area contributed by atoms with Gasteiger partial charge in [0.2, 0.25) is 0 Å². The molecule has 4 saturated carbocycles. The Morgan fingerprint density at radius 3 is 1.76 bits per heavy atom. The van der Waals surface area contributed by atoms with Crippen molar-refractivity contribution in [1.82, 2.24) is 0 Å². The summed E-state index contributed by atoms with van der Waals surface area (Å²) < 4.78 is 0. The molecule has 0 radical (unpaired) electrons. The second-order valence-electron chi connectivity index (χ2n) is 21.2. The van der Waals surface area contributed by atoms with Crippen LogP contribution in [0.4, 0.5) is 17.1 Å². The standard InChI is InChI=1S/C57H57NS/c1-54(2)24-25-55(3,4)50-33-41(21-23-47(50)54)58(40-20-22-44-43-16-10-11-17-46(43)56(5,6)49(44)32-40)42-31-45(37-14-8-7-9-15-37)53-51(34-42)57(48-18-12-13-19-52(48)59-53)38-27-35-26-36(29-38)30-39(57)28-35/h7-23,31-36,38-39H,24-30H2,1-6H3. The van der Waals surface area contributed by atoms with E-state index >= 15 is 0 Å². The maximum absolute atomic E-state index is 2.72. The molecule has 1 nitrogen and oxygen atoms in total. The number of nitrogens with zero attached hydrogens (tertiary/aromatic N) is 1. The molecule has 59 heavy (non-hydrogen) atoms. The lowest BCUT2D eigenvalue weighted by molar-refractivity contribution is -0.0443. The highest BCUT2D eigenvalue weighted by atomic mass is 32.2. The smallest absolute Gasteiger partial charge is 0.0471 e. The molecule has 4 bridgehead atoms. The van der Waals surface area contributed by atoms with E-state index in [0.29, 0.717) is 11.8 Å². The van der Waals surface area contributed by atoms with Crippen LogP contribution in [0.25, 0.3) is 22.3 Å². The summed E-state index contributed by atoms with van der Waals surface area (Å²) in [6, 6.07) is 50.3. The fraction of sp³-hybridized carbons (Fsp3) is 0.368. The third kappa shape index (κ3) is 5.11. The first-order valence-electron chi connectivity index (χ1n) is 22.6. The monoisotopic (exact) mass is 787 g/mol. The van der Waals surface area contributed by atoms with Crippen LogP contribution in [0, 0.1) is 23.7 Å². The summed E-state index contributed by atoms with van der Waals surface area (Å²) in [5.74, 6) is 3.14. The van der Waals surface area contributed by atoms with Crippen molar-refractivity contribution >= 4 is 28.8 Å². The molecule has 13 rings (SSSR count). The van der Waals surface area contributed by atoms with E-state index in [2.05, 4.69) is 174 Å². The molecule has 0 atom stereocenters. The molecular formula is C57H57NS. The molecule has 7 aliphatic rings. The Bertz CT molecular complexity index is 2670. The summed E-state index contributed by atoms with van der Waals surface area (Å²) in [5, 5.41) is 0. The lowest BCUT2D eigenvalue weighted by atomic mass is 9.42. The minimum absolute atomic E-state index is 0.0270. The van der Waals surface area contributed by atoms with E-state index in [0.717, 1.165) is 11.8 Å². The van der Waals surface area contributed by atoms with Crippen molar-refractivity contribution in [2.24, 2.45) is 23.7 Å². The zero-order chi connectivity index (χ0) is 40.1. The average Bonchev–Trinajstić information content (AvgIpc) is 3.46. The van der Waals surface area contributed by atoms with Gasteiger partial charge < -0.3 is 4.90 Å². The minimum Gasteiger partial charge on any atom is -0.310 e. The van der Waals surface area contributed by atoms with Crippen LogP contribution in [0.3, 0.4) is 0 Å². The van der Waals surface area contributed by atoms with Crippen LogP contribution in [-0.2, 0) is 21.7 Å². The largest absolute Gasteiger partial charge is 0.310 e. The van der Waals surface area contributed by atoms with E-state index in [1.807, 2.05) is 11.8 Å². The van der Waals surface area contributed by atoms with Crippen molar-refractivity contribution in [3.63, 3.8) is 0 Å². The van der Waals surface area contributed by atoms with Gasteiger partial charge in [0.25, 0.3) is 0 Å². The van der Waals surface area contributed by atoms with E-state index in [1.54, 1.807) is 11.1 Å². The van der Waals surface area contributed by atoms with Crippen molar-refractivity contribution in [3.05, 3.63) is 161 Å². The van der Waals surface area contributed by atoms with Crippen molar-refractivity contribution in [1.29, 1.82) is 0 Å². The summed E-state index contributed by atoms with van der Waals surface area (Å²) >= 11 is 2.04. The van der Waals surface area contributed by atoms with Gasteiger partial charge in [-0.05, 0) is 178 Å². The molecule has 0 saturated heterocycles. The van der Waals surface area contributed by atoms with Gasteiger partial charge in [-0.25, -0.2) is 0 Å². The zero-order valence-electron chi connectivity index (χ0n) is 35.7. The highest BCUT2D eigenvalue weighted by Crippen LogP contribution is 2.70. The summed E-state index contributed by atoms with van der Waals surface area (Å²) in [6.07, 6.45) is 9.36. The van der Waals surface area contributed by atoms with Gasteiger partial charge in [0.15, 0.2) is 0 Å². The van der Waals surface area contributed by atoms with Gasteiger partial charge in [0.05, 0.1) is 0 Å². The van der Waals surface area contributed by atoms with Gasteiger partial charge in [-0.2, -0.15) is 0 Å². The fourth-order valence-electron chi connectivity index (χ4n) is 13.9. The van der Waals surface area contributed by atoms with Crippen LogP contribution < -0.4 is 4.90 Å². The Hall–Kier alpha value is -4.53. The molecular weight excluding hydrogens is 731 g/mol. The molecule has 0 aromatic heterocycles. The summed E-state index contributed by atoms with van der Waals surface area (Å²) in [5.41, 5.74) is 18.5. The zero-order valence-corrected chi connectivity index (χ0v) is 36.6. The van der Waals surface area contributed by atoms with Crippen molar-refractivity contribution < 1.29 is 0 Å². The predicted octanol–water partition coefficient (Wildman–Crippen LogP) is 15.7. The molecule has 1 spiro atoms. The topological polar surface area (TPSA) is 3.24 Å². The van der Waals surface area contributed by atoms with E-state index in [1.165, 1.54) is 116 Å². The second-order valence-corrected chi connectivity index (χ2v) is 22.3. The lowest BCUT2D eigenvalue weighted by Gasteiger charge is -2.63. The predicted molar refractivity (Wildman–Crippen MR) is 248 cm³/mol. The fourth-order valence-corrected chi connectivity index (χ4v) is 15.3. The molecule has 296 valence electrons. The van der Waals surface area contributed by atoms with Gasteiger partial charge in [-0.1, -0.05) is 138 Å². The Kier molecular flexibility index (Phi) is 7.70. The maximum atomic E-state index is 2.72. The average molecular weight is 788 g/mol. The maximum Gasteiger partial charge on any atom is 0.0471 e. The van der Waals surface area contributed by atoms with E-state index < -0.39 is 0 Å². The van der Waals surface area contributed by atoms with E-state index in [4.69, 9.17) is 0 Å². The Balaban J connectivity index is 1.15. The first-order chi connectivity index (χ1) is 28.4. The Morgan fingerprint density at radius 1 is 0.458 bits per heavy atom. The van der Waals surface area contributed by atoms with Crippen LogP contribution in [0.5, 0.6) is 0 Å². The number of fused-ring (bicyclic) bond motifs is 6.